The molecule has 1 N–H and O–H groups in total. The molecule has 3 nitrogen and oxygen atoms in total. The fourth-order valence-corrected chi connectivity index (χ4v) is 2.13. The molecule has 0 aromatic heterocycles. The largest absolute Gasteiger partial charge is 0.505 e. The number of phenolic OH excluding ortho intramolecular Hbond substituents is 1. The van der Waals surface area contributed by atoms with Gasteiger partial charge in [-0.25, -0.2) is 4.99 Å². The van der Waals surface area contributed by atoms with E-state index >= 15 is 0 Å². The van der Waals surface area contributed by atoms with Gasteiger partial charge in [-0.1, -0.05) is 23.2 Å². The van der Waals surface area contributed by atoms with Gasteiger partial charge in [0.25, 0.3) is 0 Å². The Morgan fingerprint density at radius 3 is 2.21 bits per heavy atom. The van der Waals surface area contributed by atoms with E-state index in [1.54, 1.807) is 13.0 Å². The number of rotatable bonds is 1. The van der Waals surface area contributed by atoms with Crippen LogP contribution in [0.3, 0.4) is 0 Å². The first kappa shape index (κ1) is 13.8. The van der Waals surface area contributed by atoms with Crippen LogP contribution >= 0.6 is 23.2 Å². The predicted octanol–water partition coefficient (Wildman–Crippen LogP) is 4.25. The van der Waals surface area contributed by atoms with Crippen LogP contribution in [-0.2, 0) is 4.79 Å². The van der Waals surface area contributed by atoms with Gasteiger partial charge in [0.1, 0.15) is 0 Å². The van der Waals surface area contributed by atoms with Crippen molar-refractivity contribution in [3.05, 3.63) is 45.5 Å². The van der Waals surface area contributed by atoms with Crippen molar-refractivity contribution < 1.29 is 9.90 Å². The summed E-state index contributed by atoms with van der Waals surface area (Å²) in [5.41, 5.74) is 2.60. The van der Waals surface area contributed by atoms with E-state index in [9.17, 15) is 9.90 Å². The monoisotopic (exact) mass is 295 g/mol. The van der Waals surface area contributed by atoms with E-state index in [1.165, 1.54) is 18.2 Å². The molecule has 0 unspecified atom stereocenters. The molecular weight excluding hydrogens is 285 g/mol. The SMILES string of the molecule is CC1=CC(=Nc2cc(Cl)c(O)c(Cl)c2)C(C)=CC1=O. The van der Waals surface area contributed by atoms with E-state index in [0.29, 0.717) is 17.0 Å². The van der Waals surface area contributed by atoms with Gasteiger partial charge in [0.05, 0.1) is 21.4 Å². The standard InChI is InChI=1S/C14H11Cl2NO2/c1-7-4-13(18)8(2)3-12(7)17-9-5-10(15)14(19)11(16)6-9/h3-6,19H,1-2H3. The molecule has 1 aliphatic carbocycles. The van der Waals surface area contributed by atoms with E-state index in [2.05, 4.69) is 4.99 Å². The van der Waals surface area contributed by atoms with Gasteiger partial charge in [-0.15, -0.1) is 0 Å². The van der Waals surface area contributed by atoms with E-state index in [1.807, 2.05) is 6.92 Å². The minimum Gasteiger partial charge on any atom is -0.505 e. The first-order chi connectivity index (χ1) is 8.88. The van der Waals surface area contributed by atoms with Crippen molar-refractivity contribution in [3.63, 3.8) is 0 Å². The first-order valence-corrected chi connectivity index (χ1v) is 6.32. The second kappa shape index (κ2) is 5.19. The molecule has 0 atom stereocenters. The smallest absolute Gasteiger partial charge is 0.181 e. The topological polar surface area (TPSA) is 49.7 Å². The number of phenols is 1. The molecular formula is C14H11Cl2NO2. The zero-order valence-electron chi connectivity index (χ0n) is 10.4. The maximum Gasteiger partial charge on any atom is 0.181 e. The number of carbonyl (C=O) groups excluding carboxylic acids is 1. The lowest BCUT2D eigenvalue weighted by atomic mass is 9.98. The summed E-state index contributed by atoms with van der Waals surface area (Å²) in [7, 11) is 0. The van der Waals surface area contributed by atoms with Crippen LogP contribution in [0.5, 0.6) is 5.75 Å². The van der Waals surface area contributed by atoms with Gasteiger partial charge < -0.3 is 5.11 Å². The molecule has 1 aromatic rings. The molecule has 1 aromatic carbocycles. The number of aliphatic imine (C=N–C) groups is 1. The van der Waals surface area contributed by atoms with Crippen LogP contribution in [0, 0.1) is 0 Å². The normalized spacial score (nSPS) is 17.5. The third kappa shape index (κ3) is 2.88. The highest BCUT2D eigenvalue weighted by Crippen LogP contribution is 2.36. The molecule has 0 radical (unpaired) electrons. The number of carbonyl (C=O) groups is 1. The maximum absolute atomic E-state index is 11.5. The van der Waals surface area contributed by atoms with Crippen molar-refractivity contribution in [2.24, 2.45) is 4.99 Å². The summed E-state index contributed by atoms with van der Waals surface area (Å²) in [6, 6.07) is 3.03. The van der Waals surface area contributed by atoms with Crippen molar-refractivity contribution >= 4 is 40.4 Å². The highest BCUT2D eigenvalue weighted by Gasteiger charge is 2.13. The van der Waals surface area contributed by atoms with Crippen LogP contribution in [0.2, 0.25) is 10.0 Å². The first-order valence-electron chi connectivity index (χ1n) is 5.56. The molecule has 1 aliphatic rings. The molecule has 0 bridgehead atoms. The summed E-state index contributed by atoms with van der Waals surface area (Å²) < 4.78 is 0. The Bertz CT molecular complexity index is 634. The fraction of sp³-hybridized carbons (Fsp3) is 0.143. The van der Waals surface area contributed by atoms with Crippen LogP contribution in [0.1, 0.15) is 13.8 Å². The number of ketones is 1. The van der Waals surface area contributed by atoms with E-state index < -0.39 is 0 Å². The molecule has 0 spiro atoms. The van der Waals surface area contributed by atoms with Crippen molar-refractivity contribution in [3.8, 4) is 5.75 Å². The maximum atomic E-state index is 11.5. The summed E-state index contributed by atoms with van der Waals surface area (Å²) >= 11 is 11.7. The fourth-order valence-electron chi connectivity index (χ4n) is 1.65. The van der Waals surface area contributed by atoms with Crippen LogP contribution in [0.4, 0.5) is 5.69 Å². The molecule has 0 fully saturated rings. The lowest BCUT2D eigenvalue weighted by Crippen LogP contribution is -2.09. The van der Waals surface area contributed by atoms with Gasteiger partial charge in [-0.3, -0.25) is 4.79 Å². The quantitative estimate of drug-likeness (QED) is 0.788. The molecule has 0 heterocycles. The number of allylic oxidation sites excluding steroid dienone is 4. The highest BCUT2D eigenvalue weighted by molar-refractivity contribution is 6.37. The Hall–Kier alpha value is -1.58. The Kier molecular flexibility index (Phi) is 3.78. The molecule has 0 saturated heterocycles. The van der Waals surface area contributed by atoms with Gasteiger partial charge in [0.15, 0.2) is 11.5 Å². The summed E-state index contributed by atoms with van der Waals surface area (Å²) in [6.45, 7) is 3.54. The van der Waals surface area contributed by atoms with Crippen LogP contribution in [0.15, 0.2) is 40.4 Å². The van der Waals surface area contributed by atoms with Crippen molar-refractivity contribution in [2.75, 3.05) is 0 Å². The van der Waals surface area contributed by atoms with E-state index in [0.717, 1.165) is 5.57 Å². The van der Waals surface area contributed by atoms with Crippen molar-refractivity contribution in [1.82, 2.24) is 0 Å². The van der Waals surface area contributed by atoms with Gasteiger partial charge >= 0.3 is 0 Å². The zero-order valence-corrected chi connectivity index (χ0v) is 11.9. The summed E-state index contributed by atoms with van der Waals surface area (Å²) in [5, 5.41) is 9.76. The van der Waals surface area contributed by atoms with Gasteiger partial charge in [0, 0.05) is 0 Å². The Morgan fingerprint density at radius 1 is 1.05 bits per heavy atom. The van der Waals surface area contributed by atoms with Crippen molar-refractivity contribution in [2.45, 2.75) is 13.8 Å². The van der Waals surface area contributed by atoms with E-state index in [-0.39, 0.29) is 21.6 Å². The average Bonchev–Trinajstić information content (AvgIpc) is 2.33. The predicted molar refractivity (Wildman–Crippen MR) is 77.7 cm³/mol. The lowest BCUT2D eigenvalue weighted by molar-refractivity contribution is -0.111. The molecule has 0 amide bonds. The minimum atomic E-state index is -0.162. The van der Waals surface area contributed by atoms with Crippen LogP contribution < -0.4 is 0 Å². The van der Waals surface area contributed by atoms with Gasteiger partial charge in [0.2, 0.25) is 0 Å². The molecule has 98 valence electrons. The Morgan fingerprint density at radius 2 is 1.63 bits per heavy atom. The van der Waals surface area contributed by atoms with Gasteiger partial charge in [-0.2, -0.15) is 0 Å². The number of nitrogens with zero attached hydrogens (tertiary/aromatic N) is 1. The molecule has 2 rings (SSSR count). The number of halogens is 2. The zero-order chi connectivity index (χ0) is 14.2. The third-order valence-electron chi connectivity index (χ3n) is 2.74. The summed E-state index contributed by atoms with van der Waals surface area (Å²) in [6.07, 6.45) is 3.25. The van der Waals surface area contributed by atoms with Crippen LogP contribution in [0.25, 0.3) is 0 Å². The minimum absolute atomic E-state index is 0.0155. The number of aromatic hydroxyl groups is 1. The third-order valence-corrected chi connectivity index (χ3v) is 3.32. The molecule has 19 heavy (non-hydrogen) atoms. The number of hydrogen-bond acceptors (Lipinski definition) is 3. The summed E-state index contributed by atoms with van der Waals surface area (Å²) in [5.74, 6) is -0.177. The summed E-state index contributed by atoms with van der Waals surface area (Å²) in [4.78, 5) is 15.9. The Balaban J connectivity index is 2.48. The molecule has 5 heteroatoms. The molecule has 0 saturated carbocycles. The number of benzene rings is 1. The Labute approximate surface area is 120 Å². The van der Waals surface area contributed by atoms with E-state index in [4.69, 9.17) is 23.2 Å². The lowest BCUT2D eigenvalue weighted by Gasteiger charge is -2.10. The second-order valence-corrected chi connectivity index (χ2v) is 5.09. The van der Waals surface area contributed by atoms with Crippen LogP contribution in [-0.4, -0.2) is 16.6 Å². The van der Waals surface area contributed by atoms with Crippen molar-refractivity contribution in [1.29, 1.82) is 0 Å². The average molecular weight is 296 g/mol. The second-order valence-electron chi connectivity index (χ2n) is 4.27. The van der Waals surface area contributed by atoms with Gasteiger partial charge in [-0.05, 0) is 49.3 Å². The highest BCUT2D eigenvalue weighted by atomic mass is 35.5. The number of hydrogen-bond donors (Lipinski definition) is 1. The molecule has 0 aliphatic heterocycles.